The van der Waals surface area contributed by atoms with E-state index in [-0.39, 0.29) is 5.38 Å². The van der Waals surface area contributed by atoms with E-state index in [1.54, 1.807) is 7.11 Å². The van der Waals surface area contributed by atoms with Gasteiger partial charge in [-0.2, -0.15) is 0 Å². The van der Waals surface area contributed by atoms with Crippen LogP contribution in [0.5, 0.6) is 5.75 Å². The second-order valence-corrected chi connectivity index (χ2v) is 6.20. The zero-order chi connectivity index (χ0) is 15.2. The van der Waals surface area contributed by atoms with Crippen LogP contribution < -0.4 is 4.74 Å². The fourth-order valence-corrected chi connectivity index (χ4v) is 2.60. The van der Waals surface area contributed by atoms with E-state index >= 15 is 0 Å². The number of benzene rings is 2. The Balaban J connectivity index is 1.92. The lowest BCUT2D eigenvalue weighted by Gasteiger charge is -2.12. The highest BCUT2D eigenvalue weighted by Gasteiger charge is 2.09. The average molecular weight is 303 g/mol. The van der Waals surface area contributed by atoms with Crippen molar-refractivity contribution in [2.45, 2.75) is 38.0 Å². The van der Waals surface area contributed by atoms with Gasteiger partial charge in [0.15, 0.2) is 0 Å². The number of hydrogen-bond acceptors (Lipinski definition) is 1. The highest BCUT2D eigenvalue weighted by atomic mass is 35.5. The first-order valence-corrected chi connectivity index (χ1v) is 7.90. The lowest BCUT2D eigenvalue weighted by molar-refractivity contribution is 0.414. The maximum atomic E-state index is 6.52. The van der Waals surface area contributed by atoms with Gasteiger partial charge in [0.25, 0.3) is 0 Å². The molecule has 0 spiro atoms. The van der Waals surface area contributed by atoms with Gasteiger partial charge in [0, 0.05) is 0 Å². The molecule has 0 saturated heterocycles. The van der Waals surface area contributed by atoms with Crippen molar-refractivity contribution in [3.63, 3.8) is 0 Å². The van der Waals surface area contributed by atoms with Crippen LogP contribution in [0.15, 0.2) is 48.5 Å². The Labute approximate surface area is 132 Å². The maximum absolute atomic E-state index is 6.52. The minimum Gasteiger partial charge on any atom is -0.497 e. The predicted octanol–water partition coefficient (Wildman–Crippen LogP) is 5.73. The number of methoxy groups -OCH3 is 1. The minimum atomic E-state index is 0.0633. The second-order valence-electron chi connectivity index (χ2n) is 5.68. The monoisotopic (exact) mass is 302 g/mol. The van der Waals surface area contributed by atoms with Gasteiger partial charge in [0.2, 0.25) is 0 Å². The molecule has 0 radical (unpaired) electrons. The molecule has 21 heavy (non-hydrogen) atoms. The van der Waals surface area contributed by atoms with Gasteiger partial charge < -0.3 is 4.74 Å². The summed E-state index contributed by atoms with van der Waals surface area (Å²) in [4.78, 5) is 0. The van der Waals surface area contributed by atoms with Gasteiger partial charge in [-0.1, -0.05) is 50.2 Å². The van der Waals surface area contributed by atoms with E-state index in [0.29, 0.717) is 5.92 Å². The summed E-state index contributed by atoms with van der Waals surface area (Å²) in [5.74, 6) is 1.46. The van der Waals surface area contributed by atoms with Crippen LogP contribution in [0, 0.1) is 0 Å². The number of alkyl halides is 1. The molecule has 0 heterocycles. The molecule has 0 N–H and O–H groups in total. The Bertz CT molecular complexity index is 543. The zero-order valence-corrected chi connectivity index (χ0v) is 13.7. The number of halogens is 1. The van der Waals surface area contributed by atoms with Crippen molar-refractivity contribution >= 4 is 11.6 Å². The van der Waals surface area contributed by atoms with Crippen LogP contribution in [0.2, 0.25) is 0 Å². The molecular weight excluding hydrogens is 280 g/mol. The van der Waals surface area contributed by atoms with Crippen LogP contribution in [0.3, 0.4) is 0 Å². The van der Waals surface area contributed by atoms with E-state index in [9.17, 15) is 0 Å². The number of hydrogen-bond donors (Lipinski definition) is 0. The molecule has 0 aromatic heterocycles. The van der Waals surface area contributed by atoms with Gasteiger partial charge >= 0.3 is 0 Å². The third-order valence-corrected chi connectivity index (χ3v) is 4.28. The van der Waals surface area contributed by atoms with Gasteiger partial charge in [-0.15, -0.1) is 11.6 Å². The van der Waals surface area contributed by atoms with E-state index in [2.05, 4.69) is 50.2 Å². The van der Waals surface area contributed by atoms with Crippen molar-refractivity contribution in [3.05, 3.63) is 65.2 Å². The molecule has 112 valence electrons. The predicted molar refractivity (Wildman–Crippen MR) is 90.4 cm³/mol. The summed E-state index contributed by atoms with van der Waals surface area (Å²) in [5, 5.41) is 0.0633. The highest BCUT2D eigenvalue weighted by molar-refractivity contribution is 6.20. The first-order chi connectivity index (χ1) is 10.1. The summed E-state index contributed by atoms with van der Waals surface area (Å²) in [5.41, 5.74) is 3.85. The third-order valence-electron chi connectivity index (χ3n) is 3.81. The fraction of sp³-hybridized carbons (Fsp3) is 0.368. The van der Waals surface area contributed by atoms with E-state index in [1.807, 2.05) is 12.1 Å². The largest absolute Gasteiger partial charge is 0.497 e. The molecule has 0 bridgehead atoms. The minimum absolute atomic E-state index is 0.0633. The molecule has 0 amide bonds. The van der Waals surface area contributed by atoms with Crippen molar-refractivity contribution in [3.8, 4) is 5.75 Å². The number of rotatable bonds is 6. The molecule has 1 unspecified atom stereocenters. The van der Waals surface area contributed by atoms with Gasteiger partial charge in [0.1, 0.15) is 5.75 Å². The third kappa shape index (κ3) is 4.50. The van der Waals surface area contributed by atoms with Crippen LogP contribution >= 0.6 is 11.6 Å². The molecule has 0 aliphatic carbocycles. The molecule has 1 nitrogen and oxygen atoms in total. The molecule has 2 aromatic carbocycles. The van der Waals surface area contributed by atoms with Crippen molar-refractivity contribution in [1.29, 1.82) is 0 Å². The summed E-state index contributed by atoms with van der Waals surface area (Å²) in [6.45, 7) is 4.41. The number of ether oxygens (including phenoxy) is 1. The van der Waals surface area contributed by atoms with Crippen LogP contribution in [-0.4, -0.2) is 7.11 Å². The maximum Gasteiger partial charge on any atom is 0.118 e. The first kappa shape index (κ1) is 15.9. The van der Waals surface area contributed by atoms with E-state index in [0.717, 1.165) is 18.6 Å². The van der Waals surface area contributed by atoms with Crippen LogP contribution in [0.25, 0.3) is 0 Å². The molecule has 2 heteroatoms. The Morgan fingerprint density at radius 2 is 1.48 bits per heavy atom. The normalized spacial score (nSPS) is 12.4. The highest BCUT2D eigenvalue weighted by Crippen LogP contribution is 2.27. The second kappa shape index (κ2) is 7.51. The molecule has 1 atom stereocenters. The first-order valence-electron chi connectivity index (χ1n) is 7.47. The SMILES string of the molecule is COc1ccc(CCC(Cl)c2ccc(C(C)C)cc2)cc1. The van der Waals surface area contributed by atoms with Crippen molar-refractivity contribution in [2.75, 3.05) is 7.11 Å². The molecular formula is C19H23ClO. The summed E-state index contributed by atoms with van der Waals surface area (Å²) < 4.78 is 5.17. The summed E-state index contributed by atoms with van der Waals surface area (Å²) in [6, 6.07) is 16.9. The van der Waals surface area contributed by atoms with Crippen molar-refractivity contribution < 1.29 is 4.74 Å². The summed E-state index contributed by atoms with van der Waals surface area (Å²) in [7, 11) is 1.69. The molecule has 2 rings (SSSR count). The fourth-order valence-electron chi connectivity index (χ4n) is 2.34. The molecule has 0 fully saturated rings. The Hall–Kier alpha value is -1.47. The van der Waals surface area contributed by atoms with E-state index in [4.69, 9.17) is 16.3 Å². The van der Waals surface area contributed by atoms with Crippen molar-refractivity contribution in [1.82, 2.24) is 0 Å². The van der Waals surface area contributed by atoms with Gasteiger partial charge in [-0.3, -0.25) is 0 Å². The summed E-state index contributed by atoms with van der Waals surface area (Å²) in [6.07, 6.45) is 1.92. The molecule has 2 aromatic rings. The van der Waals surface area contributed by atoms with Crippen LogP contribution in [-0.2, 0) is 6.42 Å². The molecule has 0 aliphatic rings. The topological polar surface area (TPSA) is 9.23 Å². The van der Waals surface area contributed by atoms with Gasteiger partial charge in [-0.25, -0.2) is 0 Å². The molecule has 0 aliphatic heterocycles. The average Bonchev–Trinajstić information content (AvgIpc) is 2.53. The van der Waals surface area contributed by atoms with Crippen LogP contribution in [0.1, 0.15) is 48.3 Å². The Morgan fingerprint density at radius 3 is 2.00 bits per heavy atom. The lowest BCUT2D eigenvalue weighted by Crippen LogP contribution is -1.95. The van der Waals surface area contributed by atoms with Crippen LogP contribution in [0.4, 0.5) is 0 Å². The lowest BCUT2D eigenvalue weighted by atomic mass is 9.99. The van der Waals surface area contributed by atoms with Gasteiger partial charge in [-0.05, 0) is 47.6 Å². The smallest absolute Gasteiger partial charge is 0.118 e. The Morgan fingerprint density at radius 1 is 0.905 bits per heavy atom. The standard InChI is InChI=1S/C19H23ClO/c1-14(2)16-7-9-17(10-8-16)19(20)13-6-15-4-11-18(21-3)12-5-15/h4-5,7-12,14,19H,6,13H2,1-3H3. The number of aryl methyl sites for hydroxylation is 1. The zero-order valence-electron chi connectivity index (χ0n) is 13.0. The summed E-state index contributed by atoms with van der Waals surface area (Å²) >= 11 is 6.52. The van der Waals surface area contributed by atoms with E-state index < -0.39 is 0 Å². The van der Waals surface area contributed by atoms with Crippen molar-refractivity contribution in [2.24, 2.45) is 0 Å². The molecule has 0 saturated carbocycles. The van der Waals surface area contributed by atoms with Gasteiger partial charge in [0.05, 0.1) is 12.5 Å². The van der Waals surface area contributed by atoms with E-state index in [1.165, 1.54) is 16.7 Å². The quantitative estimate of drug-likeness (QED) is 0.619. The Kier molecular flexibility index (Phi) is 5.69.